The summed E-state index contributed by atoms with van der Waals surface area (Å²) in [4.78, 5) is 0. The highest BCUT2D eigenvalue weighted by molar-refractivity contribution is 5.41. The summed E-state index contributed by atoms with van der Waals surface area (Å²) in [6.07, 6.45) is 6.30. The summed E-state index contributed by atoms with van der Waals surface area (Å²) < 4.78 is 7.88. The van der Waals surface area contributed by atoms with Crippen LogP contribution in [0.4, 0.5) is 0 Å². The second-order valence-electron chi connectivity index (χ2n) is 6.86. The second-order valence-corrected chi connectivity index (χ2v) is 6.86. The number of rotatable bonds is 4. The average molecular weight is 322 g/mol. The van der Waals surface area contributed by atoms with Crippen LogP contribution in [0.25, 0.3) is 5.69 Å². The molecule has 24 heavy (non-hydrogen) atoms. The van der Waals surface area contributed by atoms with Crippen LogP contribution in [0.5, 0.6) is 0 Å². The Morgan fingerprint density at radius 1 is 1.33 bits per heavy atom. The lowest BCUT2D eigenvalue weighted by atomic mass is 9.94. The summed E-state index contributed by atoms with van der Waals surface area (Å²) in [5.41, 5.74) is 3.98. The standard InChI is InChI=1S/C19H22N4O/c1-12(22-18-9-16-7-8-19(18)24-16)17-11-21-23(13(17)2)15-5-3-14(10-20)4-6-15/h3-6,11-12,16,18-19,22H,7-9H2,1-2H3/t12-,16-,18+,19-/m1/s1. The number of aromatic nitrogens is 2. The van der Waals surface area contributed by atoms with Gasteiger partial charge in [-0.15, -0.1) is 0 Å². The van der Waals surface area contributed by atoms with Crippen molar-refractivity contribution in [2.75, 3.05) is 0 Å². The molecule has 2 fully saturated rings. The third kappa shape index (κ3) is 2.62. The maximum atomic E-state index is 8.92. The Labute approximate surface area is 142 Å². The SMILES string of the molecule is Cc1c([C@@H](C)N[C@H]2C[C@H]3CC[C@H]2O3)cnn1-c1ccc(C#N)cc1. The fourth-order valence-electron chi connectivity index (χ4n) is 4.01. The fraction of sp³-hybridized carbons (Fsp3) is 0.474. The lowest BCUT2D eigenvalue weighted by Gasteiger charge is -2.24. The van der Waals surface area contributed by atoms with Crippen molar-refractivity contribution >= 4 is 0 Å². The maximum absolute atomic E-state index is 8.92. The molecule has 0 aliphatic carbocycles. The molecule has 2 aliphatic heterocycles. The number of fused-ring (bicyclic) bond motifs is 2. The number of hydrogen-bond acceptors (Lipinski definition) is 4. The Hall–Kier alpha value is -2.16. The van der Waals surface area contributed by atoms with Crippen LogP contribution in [0.15, 0.2) is 30.5 Å². The molecule has 2 bridgehead atoms. The lowest BCUT2D eigenvalue weighted by molar-refractivity contribution is 0.0962. The average Bonchev–Trinajstić information content (AvgIpc) is 3.30. The van der Waals surface area contributed by atoms with Gasteiger partial charge in [-0.05, 0) is 57.4 Å². The van der Waals surface area contributed by atoms with E-state index in [0.717, 1.165) is 17.8 Å². The van der Waals surface area contributed by atoms with Gasteiger partial charge in [0.25, 0.3) is 0 Å². The number of nitrogens with one attached hydrogen (secondary N) is 1. The molecule has 1 N–H and O–H groups in total. The van der Waals surface area contributed by atoms with Gasteiger partial charge < -0.3 is 10.1 Å². The summed E-state index contributed by atoms with van der Waals surface area (Å²) in [7, 11) is 0. The van der Waals surface area contributed by atoms with Crippen LogP contribution in [0.1, 0.15) is 49.0 Å². The number of hydrogen-bond donors (Lipinski definition) is 1. The molecule has 5 heteroatoms. The minimum atomic E-state index is 0.241. The van der Waals surface area contributed by atoms with Crippen LogP contribution in [-0.2, 0) is 4.74 Å². The van der Waals surface area contributed by atoms with Crippen molar-refractivity contribution < 1.29 is 4.74 Å². The Kier molecular flexibility index (Phi) is 3.87. The minimum absolute atomic E-state index is 0.241. The Bertz CT molecular complexity index is 774. The van der Waals surface area contributed by atoms with E-state index in [1.54, 1.807) is 0 Å². The number of benzene rings is 1. The van der Waals surface area contributed by atoms with Crippen LogP contribution >= 0.6 is 0 Å². The van der Waals surface area contributed by atoms with Crippen LogP contribution in [-0.4, -0.2) is 28.0 Å². The zero-order valence-electron chi connectivity index (χ0n) is 14.1. The molecular weight excluding hydrogens is 300 g/mol. The molecule has 1 aromatic carbocycles. The molecule has 0 saturated carbocycles. The summed E-state index contributed by atoms with van der Waals surface area (Å²) in [6, 6.07) is 10.4. The quantitative estimate of drug-likeness (QED) is 0.940. The first-order valence-corrected chi connectivity index (χ1v) is 8.62. The van der Waals surface area contributed by atoms with Gasteiger partial charge >= 0.3 is 0 Å². The van der Waals surface area contributed by atoms with Crippen LogP contribution < -0.4 is 5.32 Å². The van der Waals surface area contributed by atoms with E-state index in [4.69, 9.17) is 10.00 Å². The number of nitrogens with zero attached hydrogens (tertiary/aromatic N) is 3. The summed E-state index contributed by atoms with van der Waals surface area (Å²) in [6.45, 7) is 4.29. The maximum Gasteiger partial charge on any atom is 0.0991 e. The molecule has 2 saturated heterocycles. The monoisotopic (exact) mass is 322 g/mol. The van der Waals surface area contributed by atoms with E-state index >= 15 is 0 Å². The van der Waals surface area contributed by atoms with Gasteiger partial charge in [0, 0.05) is 23.3 Å². The Morgan fingerprint density at radius 2 is 2.12 bits per heavy atom. The first-order chi connectivity index (χ1) is 11.7. The van der Waals surface area contributed by atoms with Gasteiger partial charge in [0.15, 0.2) is 0 Å². The molecule has 3 heterocycles. The normalized spacial score (nSPS) is 26.5. The van der Waals surface area contributed by atoms with E-state index in [0.29, 0.717) is 23.8 Å². The Balaban J connectivity index is 1.52. The smallest absolute Gasteiger partial charge is 0.0991 e. The summed E-state index contributed by atoms with van der Waals surface area (Å²) in [5, 5.41) is 17.2. The van der Waals surface area contributed by atoms with E-state index in [2.05, 4.69) is 30.3 Å². The zero-order valence-corrected chi connectivity index (χ0v) is 14.1. The second kappa shape index (κ2) is 6.04. The molecule has 4 rings (SSSR count). The van der Waals surface area contributed by atoms with Crippen molar-refractivity contribution in [3.63, 3.8) is 0 Å². The van der Waals surface area contributed by atoms with Crippen molar-refractivity contribution in [1.29, 1.82) is 5.26 Å². The predicted octanol–water partition coefficient (Wildman–Crippen LogP) is 3.02. The highest BCUT2D eigenvalue weighted by Crippen LogP contribution is 2.35. The van der Waals surface area contributed by atoms with Crippen molar-refractivity contribution in [2.45, 2.75) is 57.4 Å². The van der Waals surface area contributed by atoms with E-state index in [1.807, 2.05) is 35.1 Å². The van der Waals surface area contributed by atoms with Crippen molar-refractivity contribution in [1.82, 2.24) is 15.1 Å². The molecule has 0 amide bonds. The van der Waals surface area contributed by atoms with Gasteiger partial charge in [-0.1, -0.05) is 0 Å². The van der Waals surface area contributed by atoms with Crippen LogP contribution in [0, 0.1) is 18.3 Å². The molecule has 5 nitrogen and oxygen atoms in total. The number of ether oxygens (including phenoxy) is 1. The van der Waals surface area contributed by atoms with Gasteiger partial charge in [0.2, 0.25) is 0 Å². The van der Waals surface area contributed by atoms with E-state index in [9.17, 15) is 0 Å². The highest BCUT2D eigenvalue weighted by Gasteiger charge is 2.41. The van der Waals surface area contributed by atoms with Crippen LogP contribution in [0.2, 0.25) is 0 Å². The zero-order chi connectivity index (χ0) is 16.7. The van der Waals surface area contributed by atoms with Crippen molar-refractivity contribution in [2.24, 2.45) is 0 Å². The van der Waals surface area contributed by atoms with Crippen LogP contribution in [0.3, 0.4) is 0 Å². The predicted molar refractivity (Wildman–Crippen MR) is 90.9 cm³/mol. The molecular formula is C19H22N4O. The third-order valence-electron chi connectivity index (χ3n) is 5.33. The molecule has 4 atom stereocenters. The summed E-state index contributed by atoms with van der Waals surface area (Å²) in [5.74, 6) is 0. The molecule has 1 aromatic heterocycles. The summed E-state index contributed by atoms with van der Waals surface area (Å²) >= 11 is 0. The van der Waals surface area contributed by atoms with Gasteiger partial charge in [0.1, 0.15) is 0 Å². The van der Waals surface area contributed by atoms with Gasteiger partial charge in [0.05, 0.1) is 35.7 Å². The molecule has 2 aliphatic rings. The molecule has 0 unspecified atom stereocenters. The van der Waals surface area contributed by atoms with Gasteiger partial charge in [-0.25, -0.2) is 4.68 Å². The molecule has 0 spiro atoms. The van der Waals surface area contributed by atoms with E-state index in [-0.39, 0.29) is 6.04 Å². The topological polar surface area (TPSA) is 62.9 Å². The van der Waals surface area contributed by atoms with Gasteiger partial charge in [-0.2, -0.15) is 10.4 Å². The van der Waals surface area contributed by atoms with Crippen molar-refractivity contribution in [3.05, 3.63) is 47.3 Å². The van der Waals surface area contributed by atoms with Crippen molar-refractivity contribution in [3.8, 4) is 11.8 Å². The fourth-order valence-corrected chi connectivity index (χ4v) is 4.01. The minimum Gasteiger partial charge on any atom is -0.373 e. The lowest BCUT2D eigenvalue weighted by Crippen LogP contribution is -2.39. The third-order valence-corrected chi connectivity index (χ3v) is 5.33. The molecule has 0 radical (unpaired) electrons. The largest absolute Gasteiger partial charge is 0.373 e. The van der Waals surface area contributed by atoms with E-state index < -0.39 is 0 Å². The first-order valence-electron chi connectivity index (χ1n) is 8.62. The Morgan fingerprint density at radius 3 is 2.75 bits per heavy atom. The number of nitriles is 1. The first kappa shape index (κ1) is 15.4. The van der Waals surface area contributed by atoms with Gasteiger partial charge in [-0.3, -0.25) is 0 Å². The highest BCUT2D eigenvalue weighted by atomic mass is 16.5. The molecule has 2 aromatic rings. The van der Waals surface area contributed by atoms with E-state index in [1.165, 1.54) is 18.4 Å². The molecule has 124 valence electrons.